The molecule has 0 atom stereocenters. The molecule has 0 saturated carbocycles. The Balaban J connectivity index is 2.26. The van der Waals surface area contributed by atoms with Crippen LogP contribution in [0.3, 0.4) is 0 Å². The van der Waals surface area contributed by atoms with Gasteiger partial charge in [-0.1, -0.05) is 55.2 Å². The van der Waals surface area contributed by atoms with Gasteiger partial charge < -0.3 is 5.11 Å². The molecule has 200 valence electrons. The van der Waals surface area contributed by atoms with E-state index in [0.717, 1.165) is 16.1 Å². The van der Waals surface area contributed by atoms with E-state index in [0.29, 0.717) is 24.0 Å². The summed E-state index contributed by atoms with van der Waals surface area (Å²) in [7, 11) is -4.40. The molecule has 1 heterocycles. The number of halogens is 5. The van der Waals surface area contributed by atoms with E-state index in [9.17, 15) is 31.5 Å². The van der Waals surface area contributed by atoms with Crippen LogP contribution in [-0.4, -0.2) is 23.5 Å². The zero-order valence-electron chi connectivity index (χ0n) is 20.5. The Morgan fingerprint density at radius 3 is 2.11 bits per heavy atom. The maximum Gasteiger partial charge on any atom is 0.416 e. The number of nitrogens with zero attached hydrogens (tertiary/aromatic N) is 1. The molecule has 4 aromatic rings. The van der Waals surface area contributed by atoms with E-state index in [1.807, 2.05) is 0 Å². The minimum absolute atomic E-state index is 0.00141. The highest BCUT2D eigenvalue weighted by Gasteiger charge is 2.35. The lowest BCUT2D eigenvalue weighted by atomic mass is 9.92. The molecule has 0 radical (unpaired) electrons. The third-order valence-electron chi connectivity index (χ3n) is 6.42. The molecular formula is C27H22Cl2F3NO4S. The van der Waals surface area contributed by atoms with Crippen molar-refractivity contribution in [2.24, 2.45) is 0 Å². The standard InChI is InChI=1S/C27H22Cl2F3NO4S/c1-4-18-19(5-2)23(28)22(24(29)21(18)26(34)35)20-13-15-12-16(27(30,31)32)11-14(3)25(15)33(20)38(36,37)17-9-7-6-8-10-17/h6-13H,4-5H2,1-3H3,(H,34,35). The maximum absolute atomic E-state index is 14.0. The lowest BCUT2D eigenvalue weighted by Crippen LogP contribution is -2.16. The first-order chi connectivity index (χ1) is 17.7. The van der Waals surface area contributed by atoms with Crippen LogP contribution >= 0.6 is 23.2 Å². The smallest absolute Gasteiger partial charge is 0.416 e. The molecule has 0 bridgehead atoms. The van der Waals surface area contributed by atoms with Crippen LogP contribution in [-0.2, 0) is 29.0 Å². The molecule has 4 rings (SSSR count). The van der Waals surface area contributed by atoms with Crippen molar-refractivity contribution in [1.82, 2.24) is 3.97 Å². The maximum atomic E-state index is 14.0. The van der Waals surface area contributed by atoms with Gasteiger partial charge in [-0.05, 0) is 66.8 Å². The molecule has 3 aromatic carbocycles. The Morgan fingerprint density at radius 2 is 1.58 bits per heavy atom. The number of hydrogen-bond donors (Lipinski definition) is 1. The summed E-state index contributed by atoms with van der Waals surface area (Å²) in [5.41, 5.74) is -0.486. The van der Waals surface area contributed by atoms with Gasteiger partial charge in [0.1, 0.15) is 0 Å². The first-order valence-electron chi connectivity index (χ1n) is 11.6. The number of aryl methyl sites for hydroxylation is 1. The molecule has 0 fully saturated rings. The molecule has 0 aliphatic carbocycles. The number of rotatable bonds is 6. The van der Waals surface area contributed by atoms with Gasteiger partial charge in [-0.3, -0.25) is 0 Å². The van der Waals surface area contributed by atoms with E-state index in [1.165, 1.54) is 37.3 Å². The van der Waals surface area contributed by atoms with Crippen LogP contribution in [0.5, 0.6) is 0 Å². The van der Waals surface area contributed by atoms with E-state index < -0.39 is 27.7 Å². The Labute approximate surface area is 227 Å². The first kappa shape index (κ1) is 28.0. The molecule has 0 unspecified atom stereocenters. The van der Waals surface area contributed by atoms with Crippen molar-refractivity contribution in [3.05, 3.63) is 86.4 Å². The van der Waals surface area contributed by atoms with E-state index in [4.69, 9.17) is 23.2 Å². The lowest BCUT2D eigenvalue weighted by molar-refractivity contribution is -0.137. The third-order valence-corrected chi connectivity index (χ3v) is 8.94. The summed E-state index contributed by atoms with van der Waals surface area (Å²) in [6, 6.07) is 10.3. The molecule has 0 amide bonds. The second-order valence-corrected chi connectivity index (χ2v) is 11.2. The van der Waals surface area contributed by atoms with Crippen molar-refractivity contribution in [1.29, 1.82) is 0 Å². The topological polar surface area (TPSA) is 76.4 Å². The van der Waals surface area contributed by atoms with Crippen molar-refractivity contribution < 1.29 is 31.5 Å². The second kappa shape index (κ2) is 9.94. The van der Waals surface area contributed by atoms with Gasteiger partial charge in [-0.2, -0.15) is 13.2 Å². The minimum atomic E-state index is -4.68. The van der Waals surface area contributed by atoms with Crippen molar-refractivity contribution in [2.75, 3.05) is 0 Å². The highest BCUT2D eigenvalue weighted by Crippen LogP contribution is 2.46. The van der Waals surface area contributed by atoms with Gasteiger partial charge >= 0.3 is 12.1 Å². The highest BCUT2D eigenvalue weighted by atomic mass is 35.5. The van der Waals surface area contributed by atoms with Gasteiger partial charge in [-0.15, -0.1) is 0 Å². The average Bonchev–Trinajstić information content (AvgIpc) is 3.24. The fraction of sp³-hybridized carbons (Fsp3) is 0.222. The average molecular weight is 584 g/mol. The molecule has 38 heavy (non-hydrogen) atoms. The molecule has 1 aromatic heterocycles. The number of aromatic nitrogens is 1. The summed E-state index contributed by atoms with van der Waals surface area (Å²) in [5.74, 6) is -1.33. The van der Waals surface area contributed by atoms with Gasteiger partial charge in [0.25, 0.3) is 10.0 Å². The number of carboxylic acids is 1. The molecule has 1 N–H and O–H groups in total. The SMILES string of the molecule is CCc1c(Cl)c(-c2cc3cc(C(F)(F)F)cc(C)c3n2S(=O)(=O)c2ccccc2)c(Cl)c(C(=O)O)c1CC. The summed E-state index contributed by atoms with van der Waals surface area (Å²) in [6.45, 7) is 4.88. The monoisotopic (exact) mass is 583 g/mol. The van der Waals surface area contributed by atoms with Crippen molar-refractivity contribution in [3.8, 4) is 11.3 Å². The minimum Gasteiger partial charge on any atom is -0.478 e. The number of carbonyl (C=O) groups is 1. The molecule has 0 aliphatic rings. The predicted molar refractivity (Wildman–Crippen MR) is 142 cm³/mol. The highest BCUT2D eigenvalue weighted by molar-refractivity contribution is 7.90. The van der Waals surface area contributed by atoms with Crippen molar-refractivity contribution in [2.45, 2.75) is 44.7 Å². The zero-order chi connectivity index (χ0) is 28.2. The fourth-order valence-electron chi connectivity index (χ4n) is 4.80. The lowest BCUT2D eigenvalue weighted by Gasteiger charge is -2.20. The number of fused-ring (bicyclic) bond motifs is 1. The quantitative estimate of drug-likeness (QED) is 0.249. The van der Waals surface area contributed by atoms with Crippen molar-refractivity contribution in [3.63, 3.8) is 0 Å². The summed E-state index contributed by atoms with van der Waals surface area (Å²) >= 11 is 13.4. The molecule has 0 aliphatic heterocycles. The number of benzene rings is 3. The van der Waals surface area contributed by atoms with Gasteiger partial charge in [-0.25, -0.2) is 17.2 Å². The summed E-state index contributed by atoms with van der Waals surface area (Å²) in [6.07, 6.45) is -4.07. The Morgan fingerprint density at radius 1 is 0.974 bits per heavy atom. The van der Waals surface area contributed by atoms with Gasteiger partial charge in [0.15, 0.2) is 0 Å². The zero-order valence-corrected chi connectivity index (χ0v) is 22.8. The summed E-state index contributed by atoms with van der Waals surface area (Å²) in [4.78, 5) is 12.2. The summed E-state index contributed by atoms with van der Waals surface area (Å²) in [5, 5.41) is 9.73. The van der Waals surface area contributed by atoms with Gasteiger partial charge in [0, 0.05) is 10.9 Å². The van der Waals surface area contributed by atoms with Gasteiger partial charge in [0.05, 0.1) is 37.3 Å². The van der Waals surface area contributed by atoms with Crippen LogP contribution in [0.1, 0.15) is 46.5 Å². The molecule has 5 nitrogen and oxygen atoms in total. The van der Waals surface area contributed by atoms with Crippen LogP contribution in [0.4, 0.5) is 13.2 Å². The van der Waals surface area contributed by atoms with E-state index in [2.05, 4.69) is 0 Å². The van der Waals surface area contributed by atoms with E-state index in [-0.39, 0.29) is 48.2 Å². The van der Waals surface area contributed by atoms with Crippen LogP contribution in [0.2, 0.25) is 10.0 Å². The van der Waals surface area contributed by atoms with Crippen LogP contribution in [0.25, 0.3) is 22.2 Å². The normalized spacial score (nSPS) is 12.3. The molecular weight excluding hydrogens is 562 g/mol. The number of hydrogen-bond acceptors (Lipinski definition) is 3. The number of carboxylic acid groups (broad SMARTS) is 1. The third kappa shape index (κ3) is 4.46. The van der Waals surface area contributed by atoms with E-state index >= 15 is 0 Å². The molecule has 0 saturated heterocycles. The Bertz CT molecular complexity index is 1700. The largest absolute Gasteiger partial charge is 0.478 e. The Kier molecular flexibility index (Phi) is 7.33. The number of alkyl halides is 3. The Hall–Kier alpha value is -3.01. The van der Waals surface area contributed by atoms with Gasteiger partial charge in [0.2, 0.25) is 0 Å². The van der Waals surface area contributed by atoms with E-state index in [1.54, 1.807) is 19.9 Å². The fourth-order valence-corrected chi connectivity index (χ4v) is 7.28. The number of aromatic carboxylic acids is 1. The second-order valence-electron chi connectivity index (χ2n) is 8.69. The predicted octanol–water partition coefficient (Wildman–Crippen LogP) is 8.00. The first-order valence-corrected chi connectivity index (χ1v) is 13.7. The van der Waals surface area contributed by atoms with Crippen molar-refractivity contribution >= 4 is 50.1 Å². The summed E-state index contributed by atoms with van der Waals surface area (Å²) < 4.78 is 69.8. The molecule has 11 heteroatoms. The molecule has 0 spiro atoms. The van der Waals surface area contributed by atoms with Crippen LogP contribution in [0.15, 0.2) is 53.4 Å². The van der Waals surface area contributed by atoms with Crippen LogP contribution in [0, 0.1) is 6.92 Å². The van der Waals surface area contributed by atoms with Crippen LogP contribution < -0.4 is 0 Å².